The molecule has 0 rings (SSSR count). The Kier molecular flexibility index (Phi) is 447. The Hall–Kier alpha value is 2.06. The minimum Gasteiger partial charge on any atom is -1.00 e. The molecule has 3 heteroatoms. The Morgan fingerprint density at radius 3 is 0.600 bits per heavy atom. The summed E-state index contributed by atoms with van der Waals surface area (Å²) in [7, 11) is 0. The second-order valence-corrected chi connectivity index (χ2v) is 0. The van der Waals surface area contributed by atoms with Crippen LogP contribution in [-0.2, 0) is 0 Å². The smallest absolute Gasteiger partial charge is 1.00 e. The Morgan fingerprint density at radius 1 is 0.600 bits per heavy atom. The van der Waals surface area contributed by atoms with Crippen molar-refractivity contribution >= 4 is 45.5 Å². The first kappa shape index (κ1) is 61.1. The monoisotopic (exact) mass is 188 g/mol. The SMILES string of the molecule is [CH3-].[CH3-].[Cl-].[Cl-].[Sr+2]. The van der Waals surface area contributed by atoms with E-state index < -0.39 is 0 Å². The molecule has 0 aliphatic rings. The van der Waals surface area contributed by atoms with Gasteiger partial charge >= 0.3 is 45.5 Å². The van der Waals surface area contributed by atoms with Gasteiger partial charge in [0.05, 0.1) is 0 Å². The van der Waals surface area contributed by atoms with Crippen LogP contribution in [0.5, 0.6) is 0 Å². The van der Waals surface area contributed by atoms with Crippen molar-refractivity contribution in [2.45, 2.75) is 0 Å². The molecule has 0 N–H and O–H groups in total. The molecule has 5 heavy (non-hydrogen) atoms. The molecule has 0 aromatic rings. The molecule has 0 aromatic heterocycles. The van der Waals surface area contributed by atoms with Crippen molar-refractivity contribution in [2.24, 2.45) is 0 Å². The Labute approximate surface area is 83.8 Å². The van der Waals surface area contributed by atoms with E-state index in [4.69, 9.17) is 0 Å². The Bertz CT molecular complexity index is 7.61. The first-order valence-corrected chi connectivity index (χ1v) is 0. The summed E-state index contributed by atoms with van der Waals surface area (Å²) in [5, 5.41) is 0. The second kappa shape index (κ2) is 36.6. The predicted molar refractivity (Wildman–Crippen MR) is 18.6 cm³/mol. The molecule has 0 saturated carbocycles. The van der Waals surface area contributed by atoms with Gasteiger partial charge in [-0.2, -0.15) is 0 Å². The number of rotatable bonds is 0. The summed E-state index contributed by atoms with van der Waals surface area (Å²) in [4.78, 5) is 0. The molecule has 0 saturated heterocycles. The normalized spacial score (nSPS) is 0. The van der Waals surface area contributed by atoms with E-state index in [0.717, 1.165) is 0 Å². The number of hydrogen-bond donors (Lipinski definition) is 0. The zero-order chi connectivity index (χ0) is 0. The van der Waals surface area contributed by atoms with E-state index in [2.05, 4.69) is 0 Å². The maximum atomic E-state index is 0. The molecule has 32 valence electrons. The number of hydrogen-bond acceptors (Lipinski definition) is 0. The molecule has 0 aromatic carbocycles. The summed E-state index contributed by atoms with van der Waals surface area (Å²) >= 11 is 0. The molecule has 0 fully saturated rings. The maximum absolute atomic E-state index is 0. The summed E-state index contributed by atoms with van der Waals surface area (Å²) in [6.45, 7) is 0. The van der Waals surface area contributed by atoms with Gasteiger partial charge in [0.1, 0.15) is 0 Å². The van der Waals surface area contributed by atoms with Crippen molar-refractivity contribution < 1.29 is 24.8 Å². The predicted octanol–water partition coefficient (Wildman–Crippen LogP) is -5.47. The van der Waals surface area contributed by atoms with E-state index in [1.807, 2.05) is 0 Å². The fourth-order valence-electron chi connectivity index (χ4n) is 0. The second-order valence-electron chi connectivity index (χ2n) is 0. The summed E-state index contributed by atoms with van der Waals surface area (Å²) in [6, 6.07) is 0. The van der Waals surface area contributed by atoms with Crippen LogP contribution in [0.4, 0.5) is 0 Å². The molecule has 0 bridgehead atoms. The quantitative estimate of drug-likeness (QED) is 0.263. The van der Waals surface area contributed by atoms with Gasteiger partial charge in [-0.15, -0.1) is 0 Å². The van der Waals surface area contributed by atoms with Crippen LogP contribution in [0.25, 0.3) is 0 Å². The molecule has 0 amide bonds. The van der Waals surface area contributed by atoms with E-state index in [1.165, 1.54) is 0 Å². The van der Waals surface area contributed by atoms with Crippen LogP contribution >= 0.6 is 0 Å². The van der Waals surface area contributed by atoms with E-state index in [-0.39, 0.29) is 85.1 Å². The standard InChI is InChI=1S/2CH3.2ClH.Sr/h2*1H3;2*1H;/q2*-1;;;+2/p-2. The minimum absolute atomic E-state index is 0. The largest absolute Gasteiger partial charge is 2.00 e. The van der Waals surface area contributed by atoms with Crippen molar-refractivity contribution in [2.75, 3.05) is 0 Å². The minimum atomic E-state index is 0. The number of halogens is 2. The van der Waals surface area contributed by atoms with Gasteiger partial charge in [0.25, 0.3) is 0 Å². The Morgan fingerprint density at radius 2 is 0.600 bits per heavy atom. The van der Waals surface area contributed by atoms with Gasteiger partial charge in [-0.1, -0.05) is 0 Å². The summed E-state index contributed by atoms with van der Waals surface area (Å²) in [5.74, 6) is 0. The van der Waals surface area contributed by atoms with Crippen LogP contribution in [0.3, 0.4) is 0 Å². The molecule has 0 radical (unpaired) electrons. The summed E-state index contributed by atoms with van der Waals surface area (Å²) in [5.41, 5.74) is 0. The third-order valence-corrected chi connectivity index (χ3v) is 0. The van der Waals surface area contributed by atoms with Gasteiger partial charge in [-0.05, 0) is 0 Å². The molecule has 0 nitrogen and oxygen atoms in total. The van der Waals surface area contributed by atoms with E-state index in [0.29, 0.717) is 0 Å². The first-order valence-electron chi connectivity index (χ1n) is 0. The van der Waals surface area contributed by atoms with E-state index in [9.17, 15) is 0 Å². The van der Waals surface area contributed by atoms with Crippen molar-refractivity contribution in [3.63, 3.8) is 0 Å². The molecule has 0 aliphatic heterocycles. The molecule has 0 heterocycles. The van der Waals surface area contributed by atoms with Gasteiger partial charge in [0, 0.05) is 0 Å². The molecule has 0 unspecified atom stereocenters. The zero-order valence-corrected chi connectivity index (χ0v) is 8.45. The zero-order valence-electron chi connectivity index (χ0n) is 3.46. The Balaban J connectivity index is 0. The van der Waals surface area contributed by atoms with Crippen LogP contribution in [0.1, 0.15) is 0 Å². The van der Waals surface area contributed by atoms with Crippen LogP contribution in [0, 0.1) is 14.9 Å². The van der Waals surface area contributed by atoms with Crippen LogP contribution in [0.2, 0.25) is 0 Å². The average Bonchev–Trinajstić information content (AvgIpc) is 0. The topological polar surface area (TPSA) is 0 Å². The fraction of sp³-hybridized carbons (Fsp3) is 0. The van der Waals surface area contributed by atoms with Gasteiger partial charge in [0.15, 0.2) is 0 Å². The average molecular weight is 189 g/mol. The third kappa shape index (κ3) is 23.5. The molecule has 0 atom stereocenters. The van der Waals surface area contributed by atoms with Gasteiger partial charge in [-0.3, -0.25) is 0 Å². The molecular weight excluding hydrogens is 183 g/mol. The summed E-state index contributed by atoms with van der Waals surface area (Å²) in [6.07, 6.45) is 0. The summed E-state index contributed by atoms with van der Waals surface area (Å²) < 4.78 is 0. The van der Waals surface area contributed by atoms with Crippen LogP contribution in [0.15, 0.2) is 0 Å². The van der Waals surface area contributed by atoms with Crippen LogP contribution < -0.4 is 24.8 Å². The third-order valence-electron chi connectivity index (χ3n) is 0. The van der Waals surface area contributed by atoms with Crippen molar-refractivity contribution in [1.29, 1.82) is 0 Å². The van der Waals surface area contributed by atoms with E-state index in [1.54, 1.807) is 0 Å². The maximum Gasteiger partial charge on any atom is 2.00 e. The fourth-order valence-corrected chi connectivity index (χ4v) is 0. The van der Waals surface area contributed by atoms with Gasteiger partial charge < -0.3 is 39.7 Å². The van der Waals surface area contributed by atoms with Crippen molar-refractivity contribution in [1.82, 2.24) is 0 Å². The van der Waals surface area contributed by atoms with Crippen molar-refractivity contribution in [3.05, 3.63) is 14.9 Å². The molecular formula is C2H6Cl2Sr-2. The van der Waals surface area contributed by atoms with Gasteiger partial charge in [0.2, 0.25) is 0 Å². The first-order chi connectivity index (χ1) is 0. The van der Waals surface area contributed by atoms with E-state index >= 15 is 0 Å². The molecule has 0 spiro atoms. The molecule has 0 aliphatic carbocycles. The van der Waals surface area contributed by atoms with Crippen LogP contribution in [-0.4, -0.2) is 45.5 Å². The van der Waals surface area contributed by atoms with Crippen molar-refractivity contribution in [3.8, 4) is 0 Å². The van der Waals surface area contributed by atoms with Gasteiger partial charge in [-0.25, -0.2) is 0 Å².